The molecule has 1 unspecified atom stereocenters. The van der Waals surface area contributed by atoms with Crippen molar-refractivity contribution in [2.24, 2.45) is 0 Å². The van der Waals surface area contributed by atoms with Gasteiger partial charge < -0.3 is 10.1 Å². The molecule has 8 heteroatoms. The topological polar surface area (TPSA) is 41.6 Å². The van der Waals surface area contributed by atoms with Crippen LogP contribution in [0.1, 0.15) is 21.4 Å². The molecule has 1 aliphatic rings. The largest absolute Gasteiger partial charge is 0.433 e. The zero-order valence-corrected chi connectivity index (χ0v) is 16.4. The van der Waals surface area contributed by atoms with Gasteiger partial charge in [-0.15, -0.1) is 22.7 Å². The molecule has 3 aromatic rings. The van der Waals surface area contributed by atoms with E-state index in [1.807, 2.05) is 11.4 Å². The number of alkyl halides is 2. The van der Waals surface area contributed by atoms with Crippen LogP contribution in [0.25, 0.3) is 0 Å². The molecule has 4 rings (SSSR count). The van der Waals surface area contributed by atoms with Gasteiger partial charge in [-0.1, -0.05) is 18.2 Å². The third-order valence-electron chi connectivity index (χ3n) is 4.60. The molecule has 0 radical (unpaired) electrons. The lowest BCUT2D eigenvalue weighted by Gasteiger charge is -2.34. The maximum atomic E-state index is 12.7. The first-order valence-corrected chi connectivity index (χ1v) is 10.5. The predicted molar refractivity (Wildman–Crippen MR) is 107 cm³/mol. The average Bonchev–Trinajstić information content (AvgIpc) is 3.34. The van der Waals surface area contributed by atoms with E-state index in [0.717, 1.165) is 13.0 Å². The Bertz CT molecular complexity index is 943. The Morgan fingerprint density at radius 1 is 1.18 bits per heavy atom. The summed E-state index contributed by atoms with van der Waals surface area (Å²) in [5.41, 5.74) is 1.49. The van der Waals surface area contributed by atoms with Gasteiger partial charge in [0.2, 0.25) is 5.91 Å². The fraction of sp³-hybridized carbons (Fsp3) is 0.250. The van der Waals surface area contributed by atoms with Gasteiger partial charge in [0.15, 0.2) is 0 Å². The van der Waals surface area contributed by atoms with E-state index in [2.05, 4.69) is 32.5 Å². The number of thiophene rings is 2. The minimum Gasteiger partial charge on any atom is -0.433 e. The molecule has 1 amide bonds. The molecule has 0 bridgehead atoms. The van der Waals surface area contributed by atoms with Crippen molar-refractivity contribution in [1.29, 1.82) is 0 Å². The van der Waals surface area contributed by atoms with Gasteiger partial charge in [0, 0.05) is 16.3 Å². The molecular formula is C20H18F2N2O2S2. The van der Waals surface area contributed by atoms with E-state index in [9.17, 15) is 13.6 Å². The van der Waals surface area contributed by atoms with Crippen molar-refractivity contribution >= 4 is 34.3 Å². The van der Waals surface area contributed by atoms with Crippen LogP contribution in [0, 0.1) is 0 Å². The molecule has 1 N–H and O–H groups in total. The molecule has 0 spiro atoms. The highest BCUT2D eigenvalue weighted by atomic mass is 32.1. The van der Waals surface area contributed by atoms with Gasteiger partial charge in [-0.3, -0.25) is 9.69 Å². The zero-order chi connectivity index (χ0) is 19.5. The van der Waals surface area contributed by atoms with Crippen LogP contribution >= 0.6 is 22.7 Å². The number of carbonyl (C=O) groups is 1. The second-order valence-corrected chi connectivity index (χ2v) is 8.34. The molecule has 4 nitrogen and oxygen atoms in total. The van der Waals surface area contributed by atoms with Crippen LogP contribution in [-0.4, -0.2) is 30.5 Å². The Morgan fingerprint density at radius 3 is 2.82 bits per heavy atom. The highest BCUT2D eigenvalue weighted by molar-refractivity contribution is 7.10. The lowest BCUT2D eigenvalue weighted by molar-refractivity contribution is -0.117. The number of anilines is 1. The highest BCUT2D eigenvalue weighted by Gasteiger charge is 2.31. The zero-order valence-electron chi connectivity index (χ0n) is 14.8. The summed E-state index contributed by atoms with van der Waals surface area (Å²) in [6.45, 7) is -2.01. The van der Waals surface area contributed by atoms with Crippen molar-refractivity contribution < 1.29 is 18.3 Å². The summed E-state index contributed by atoms with van der Waals surface area (Å²) in [5, 5.41) is 6.84. The molecule has 146 valence electrons. The van der Waals surface area contributed by atoms with Gasteiger partial charge >= 0.3 is 6.61 Å². The quantitative estimate of drug-likeness (QED) is 0.610. The molecule has 2 aromatic heterocycles. The minimum atomic E-state index is -2.94. The first-order valence-electron chi connectivity index (χ1n) is 8.79. The molecule has 1 aromatic carbocycles. The van der Waals surface area contributed by atoms with Crippen LogP contribution in [0.3, 0.4) is 0 Å². The number of hydrogen-bond donors (Lipinski definition) is 1. The Kier molecular flexibility index (Phi) is 5.70. The fourth-order valence-corrected chi connectivity index (χ4v) is 5.24. The number of rotatable bonds is 6. The van der Waals surface area contributed by atoms with Crippen LogP contribution in [0.4, 0.5) is 14.5 Å². The van der Waals surface area contributed by atoms with Crippen LogP contribution in [-0.2, 0) is 11.2 Å². The first kappa shape index (κ1) is 19.0. The number of benzene rings is 1. The van der Waals surface area contributed by atoms with Crippen molar-refractivity contribution in [2.75, 3.05) is 18.4 Å². The summed E-state index contributed by atoms with van der Waals surface area (Å²) in [7, 11) is 0. The smallest absolute Gasteiger partial charge is 0.387 e. The molecule has 1 atom stereocenters. The van der Waals surface area contributed by atoms with Crippen molar-refractivity contribution in [3.05, 3.63) is 68.5 Å². The number of ether oxygens (including phenoxy) is 1. The standard InChI is InChI=1S/C20H18F2N2O2S2/c21-20(22)26-15-5-2-1-4-14(15)23-18(25)12-24-9-7-16-13(8-11-28-16)19(24)17-6-3-10-27-17/h1-6,8,10-11,19-20H,7,9,12H2,(H,23,25). The SMILES string of the molecule is O=C(CN1CCc2sccc2C1c1cccs1)Nc1ccccc1OC(F)F. The number of nitrogens with one attached hydrogen (secondary N) is 1. The summed E-state index contributed by atoms with van der Waals surface area (Å²) in [5.74, 6) is -0.301. The molecule has 1 aliphatic heterocycles. The van der Waals surface area contributed by atoms with Crippen molar-refractivity contribution in [2.45, 2.75) is 19.1 Å². The lowest BCUT2D eigenvalue weighted by atomic mass is 9.98. The third kappa shape index (κ3) is 4.09. The lowest BCUT2D eigenvalue weighted by Crippen LogP contribution is -2.40. The normalized spacial score (nSPS) is 16.8. The maximum Gasteiger partial charge on any atom is 0.387 e. The van der Waals surface area contributed by atoms with Crippen molar-refractivity contribution in [3.8, 4) is 5.75 Å². The Balaban J connectivity index is 1.52. The van der Waals surface area contributed by atoms with E-state index < -0.39 is 6.61 Å². The number of para-hydroxylation sites is 2. The van der Waals surface area contributed by atoms with Gasteiger partial charge in [-0.25, -0.2) is 0 Å². The number of amides is 1. The maximum absolute atomic E-state index is 12.7. The first-order chi connectivity index (χ1) is 13.6. The molecule has 0 fully saturated rings. The highest BCUT2D eigenvalue weighted by Crippen LogP contribution is 2.39. The van der Waals surface area contributed by atoms with E-state index in [1.54, 1.807) is 40.9 Å². The number of fused-ring (bicyclic) bond motifs is 1. The van der Waals surface area contributed by atoms with E-state index in [0.29, 0.717) is 0 Å². The summed E-state index contributed by atoms with van der Waals surface area (Å²) in [4.78, 5) is 17.4. The number of halogens is 2. The van der Waals surface area contributed by atoms with E-state index >= 15 is 0 Å². The summed E-state index contributed by atoms with van der Waals surface area (Å²) >= 11 is 3.42. The number of carbonyl (C=O) groups excluding carboxylic acids is 1. The van der Waals surface area contributed by atoms with Gasteiger partial charge in [-0.2, -0.15) is 8.78 Å². The Morgan fingerprint density at radius 2 is 2.04 bits per heavy atom. The molecule has 3 heterocycles. The summed E-state index contributed by atoms with van der Waals surface area (Å²) in [6, 6.07) is 12.5. The fourth-order valence-electron chi connectivity index (χ4n) is 3.46. The number of nitrogens with zero attached hydrogens (tertiary/aromatic N) is 1. The van der Waals surface area contributed by atoms with Gasteiger partial charge in [0.05, 0.1) is 18.3 Å². The monoisotopic (exact) mass is 420 g/mol. The van der Waals surface area contributed by atoms with Crippen molar-refractivity contribution in [3.63, 3.8) is 0 Å². The van der Waals surface area contributed by atoms with E-state index in [1.165, 1.54) is 21.4 Å². The summed E-state index contributed by atoms with van der Waals surface area (Å²) < 4.78 is 29.7. The molecule has 0 saturated heterocycles. The Labute approximate surface area is 169 Å². The second kappa shape index (κ2) is 8.38. The minimum absolute atomic E-state index is 0.0355. The average molecular weight is 421 g/mol. The predicted octanol–water partition coefficient (Wildman–Crippen LogP) is 5.00. The molecule has 0 saturated carbocycles. The Hall–Kier alpha value is -2.29. The second-order valence-electron chi connectivity index (χ2n) is 6.36. The van der Waals surface area contributed by atoms with Gasteiger partial charge in [0.25, 0.3) is 0 Å². The van der Waals surface area contributed by atoms with Gasteiger partial charge in [-0.05, 0) is 47.0 Å². The number of hydrogen-bond acceptors (Lipinski definition) is 5. The summed E-state index contributed by atoms with van der Waals surface area (Å²) in [6.07, 6.45) is 0.896. The van der Waals surface area contributed by atoms with Crippen molar-refractivity contribution in [1.82, 2.24) is 4.90 Å². The van der Waals surface area contributed by atoms with E-state index in [4.69, 9.17) is 0 Å². The van der Waals surface area contributed by atoms with Crippen LogP contribution in [0.5, 0.6) is 5.75 Å². The molecule has 0 aliphatic carbocycles. The van der Waals surface area contributed by atoms with E-state index in [-0.39, 0.29) is 29.9 Å². The van der Waals surface area contributed by atoms with Gasteiger partial charge in [0.1, 0.15) is 5.75 Å². The third-order valence-corrected chi connectivity index (χ3v) is 6.52. The van der Waals surface area contributed by atoms with Crippen LogP contribution < -0.4 is 10.1 Å². The van der Waals surface area contributed by atoms with Crippen LogP contribution in [0.2, 0.25) is 0 Å². The van der Waals surface area contributed by atoms with Crippen LogP contribution in [0.15, 0.2) is 53.2 Å². The molecule has 28 heavy (non-hydrogen) atoms. The molecular weight excluding hydrogens is 402 g/mol.